The fourth-order valence-corrected chi connectivity index (χ4v) is 8.81. The lowest BCUT2D eigenvalue weighted by atomic mass is 9.81. The molecule has 274 valence electrons. The molecule has 0 radical (unpaired) electrons. The van der Waals surface area contributed by atoms with Crippen molar-refractivity contribution in [2.45, 2.75) is 19.3 Å². The topological polar surface area (TPSA) is 175 Å². The summed E-state index contributed by atoms with van der Waals surface area (Å²) in [7, 11) is 0. The summed E-state index contributed by atoms with van der Waals surface area (Å²) in [5.41, 5.74) is 7.40. The highest BCUT2D eigenvalue weighted by molar-refractivity contribution is 6.29. The molecule has 9 heteroatoms. The summed E-state index contributed by atoms with van der Waals surface area (Å²) in [5, 5.41) is 91.8. The molecule has 1 aliphatic carbocycles. The van der Waals surface area contributed by atoms with E-state index >= 15 is 0 Å². The van der Waals surface area contributed by atoms with E-state index in [1.165, 1.54) is 0 Å². The van der Waals surface area contributed by atoms with Gasteiger partial charge < -0.3 is 45.3 Å². The van der Waals surface area contributed by atoms with Crippen LogP contribution in [0.3, 0.4) is 0 Å². The molecule has 1 aromatic heterocycles. The van der Waals surface area contributed by atoms with Crippen LogP contribution in [0.2, 0.25) is 0 Å². The minimum Gasteiger partial charge on any atom is -0.504 e. The van der Waals surface area contributed by atoms with Crippen LogP contribution in [0.5, 0.6) is 46.0 Å². The molecule has 9 aromatic rings. The third-order valence-corrected chi connectivity index (χ3v) is 11.5. The van der Waals surface area contributed by atoms with E-state index in [9.17, 15) is 40.9 Å². The number of aromatic hydroxyl groups is 8. The van der Waals surface area contributed by atoms with Crippen LogP contribution >= 0.6 is 0 Å². The van der Waals surface area contributed by atoms with Gasteiger partial charge in [0.1, 0.15) is 11.2 Å². The Morgan fingerprint density at radius 2 is 0.839 bits per heavy atom. The molecule has 0 amide bonds. The molecule has 56 heavy (non-hydrogen) atoms. The maximum atomic E-state index is 11.7. The Morgan fingerprint density at radius 3 is 1.46 bits per heavy atom. The Bertz CT molecular complexity index is 3110. The molecule has 0 fully saturated rings. The molecule has 9 nitrogen and oxygen atoms in total. The van der Waals surface area contributed by atoms with Crippen molar-refractivity contribution in [3.8, 4) is 90.5 Å². The van der Waals surface area contributed by atoms with Gasteiger partial charge in [-0.25, -0.2) is 0 Å². The van der Waals surface area contributed by atoms with Gasteiger partial charge in [0.25, 0.3) is 0 Å². The summed E-state index contributed by atoms with van der Waals surface area (Å²) in [4.78, 5) is 0. The van der Waals surface area contributed by atoms with Gasteiger partial charge in [0.15, 0.2) is 23.0 Å². The number of hydrogen-bond donors (Lipinski definition) is 8. The number of hydrogen-bond acceptors (Lipinski definition) is 9. The Hall–Kier alpha value is -7.52. The van der Waals surface area contributed by atoms with Gasteiger partial charge in [0, 0.05) is 48.9 Å². The Morgan fingerprint density at radius 1 is 0.375 bits per heavy atom. The average molecular weight is 741 g/mol. The fourth-order valence-electron chi connectivity index (χ4n) is 8.81. The quantitative estimate of drug-likeness (QED) is 0.0498. The van der Waals surface area contributed by atoms with E-state index in [-0.39, 0.29) is 38.1 Å². The molecule has 0 spiro atoms. The number of rotatable bonds is 3. The molecule has 8 aromatic carbocycles. The number of benzene rings is 8. The summed E-state index contributed by atoms with van der Waals surface area (Å²) >= 11 is 0. The normalized spacial score (nSPS) is 13.2. The predicted octanol–water partition coefficient (Wildman–Crippen LogP) is 10.8. The molecule has 0 bridgehead atoms. The van der Waals surface area contributed by atoms with Crippen LogP contribution in [0.25, 0.3) is 88.0 Å². The molecule has 1 aliphatic rings. The lowest BCUT2D eigenvalue weighted by Crippen LogP contribution is -2.14. The molecule has 10 rings (SSSR count). The predicted molar refractivity (Wildman–Crippen MR) is 216 cm³/mol. The van der Waals surface area contributed by atoms with Gasteiger partial charge in [-0.05, 0) is 68.8 Å². The van der Waals surface area contributed by atoms with E-state index < -0.39 is 46.0 Å². The summed E-state index contributed by atoms with van der Waals surface area (Å²) in [5.74, 6) is -7.36. The molecule has 0 saturated heterocycles. The van der Waals surface area contributed by atoms with Crippen molar-refractivity contribution >= 4 is 43.5 Å². The minimum absolute atomic E-state index is 0.00667. The van der Waals surface area contributed by atoms with E-state index in [2.05, 4.69) is 13.8 Å². The zero-order valence-corrected chi connectivity index (χ0v) is 29.9. The zero-order chi connectivity index (χ0) is 38.9. The fraction of sp³-hybridized carbons (Fsp3) is 0.0638. The van der Waals surface area contributed by atoms with Crippen LogP contribution in [0, 0.1) is 0 Å². The second-order valence-electron chi connectivity index (χ2n) is 14.9. The lowest BCUT2D eigenvalue weighted by Gasteiger charge is -2.23. The monoisotopic (exact) mass is 740 g/mol. The summed E-state index contributed by atoms with van der Waals surface area (Å²) < 4.78 is 6.00. The first kappa shape index (κ1) is 33.1. The van der Waals surface area contributed by atoms with Gasteiger partial charge in [-0.1, -0.05) is 98.8 Å². The van der Waals surface area contributed by atoms with E-state index in [1.54, 1.807) is 30.3 Å². The Labute approximate surface area is 318 Å². The lowest BCUT2D eigenvalue weighted by molar-refractivity contribution is 0.350. The molecule has 0 unspecified atom stereocenters. The molecule has 0 aliphatic heterocycles. The van der Waals surface area contributed by atoms with Crippen LogP contribution in [0.1, 0.15) is 25.0 Å². The van der Waals surface area contributed by atoms with Crippen LogP contribution < -0.4 is 0 Å². The van der Waals surface area contributed by atoms with Crippen molar-refractivity contribution in [3.63, 3.8) is 0 Å². The van der Waals surface area contributed by atoms with Crippen molar-refractivity contribution < 1.29 is 45.3 Å². The van der Waals surface area contributed by atoms with Crippen molar-refractivity contribution in [2.75, 3.05) is 0 Å². The van der Waals surface area contributed by atoms with Gasteiger partial charge in [-0.3, -0.25) is 0 Å². The average Bonchev–Trinajstić information content (AvgIpc) is 3.70. The van der Waals surface area contributed by atoms with Gasteiger partial charge >= 0.3 is 0 Å². The molecular weight excluding hydrogens is 709 g/mol. The molecular formula is C47H32O9. The Balaban J connectivity index is 1.28. The van der Waals surface area contributed by atoms with Crippen molar-refractivity contribution in [1.82, 2.24) is 0 Å². The minimum atomic E-state index is -1.02. The number of fused-ring (bicyclic) bond motifs is 8. The van der Waals surface area contributed by atoms with Gasteiger partial charge in [0.05, 0.1) is 0 Å². The largest absolute Gasteiger partial charge is 0.504 e. The second kappa shape index (κ2) is 11.3. The number of para-hydroxylation sites is 1. The van der Waals surface area contributed by atoms with Crippen molar-refractivity contribution in [1.29, 1.82) is 0 Å². The van der Waals surface area contributed by atoms with Gasteiger partial charge in [-0.2, -0.15) is 0 Å². The van der Waals surface area contributed by atoms with E-state index in [0.29, 0.717) is 11.1 Å². The van der Waals surface area contributed by atoms with Crippen LogP contribution in [0.4, 0.5) is 0 Å². The van der Waals surface area contributed by atoms with E-state index in [1.807, 2.05) is 78.9 Å². The van der Waals surface area contributed by atoms with Crippen LogP contribution in [0.15, 0.2) is 114 Å². The van der Waals surface area contributed by atoms with Crippen molar-refractivity contribution in [2.24, 2.45) is 0 Å². The first-order chi connectivity index (χ1) is 26.9. The maximum Gasteiger partial charge on any atom is 0.204 e. The van der Waals surface area contributed by atoms with E-state index in [0.717, 1.165) is 55.3 Å². The number of phenols is 8. The standard InChI is InChI=1S/C47H32O9/c1-47(2)29-9-5-3-7-25(29)27-20-24(15-17-30(27)47)34-37-35(39(48)43(52)45(54)41(37)50)33(36-38(34)42(51)46(55)44(53)40(36)49)22-13-11-21(12-14-22)23-16-18-32-28(19-23)26-8-4-6-10-31(26)56-32/h3-20,48-55H,1-2H3. The zero-order valence-electron chi connectivity index (χ0n) is 29.9. The first-order valence-corrected chi connectivity index (χ1v) is 17.9. The highest BCUT2D eigenvalue weighted by atomic mass is 16.4. The maximum absolute atomic E-state index is 11.7. The summed E-state index contributed by atoms with van der Waals surface area (Å²) in [6.07, 6.45) is 0. The highest BCUT2D eigenvalue weighted by Gasteiger charge is 2.37. The van der Waals surface area contributed by atoms with Crippen molar-refractivity contribution in [3.05, 3.63) is 120 Å². The third-order valence-electron chi connectivity index (χ3n) is 11.5. The van der Waals surface area contributed by atoms with E-state index in [4.69, 9.17) is 4.42 Å². The smallest absolute Gasteiger partial charge is 0.204 e. The summed E-state index contributed by atoms with van der Waals surface area (Å²) in [6, 6.07) is 34.0. The molecule has 0 saturated carbocycles. The Kier molecular flexibility index (Phi) is 6.65. The molecule has 8 N–H and O–H groups in total. The van der Waals surface area contributed by atoms with Gasteiger partial charge in [-0.15, -0.1) is 0 Å². The highest BCUT2D eigenvalue weighted by Crippen LogP contribution is 2.62. The molecule has 1 heterocycles. The van der Waals surface area contributed by atoms with Crippen LogP contribution in [-0.2, 0) is 5.41 Å². The third kappa shape index (κ3) is 4.25. The first-order valence-electron chi connectivity index (χ1n) is 17.9. The SMILES string of the molecule is CC1(C)c2ccccc2-c2cc(-c3c4c(O)c(O)c(O)c(O)c4c(-c4ccc(-c5ccc6oc7ccccc7c6c5)cc4)c4c(O)c(O)c(O)c(O)c34)ccc21. The number of furan rings is 1. The second-order valence-corrected chi connectivity index (χ2v) is 14.9. The summed E-state index contributed by atoms with van der Waals surface area (Å²) in [6.45, 7) is 4.21. The van der Waals surface area contributed by atoms with Gasteiger partial charge in [0.2, 0.25) is 23.0 Å². The van der Waals surface area contributed by atoms with Crippen LogP contribution in [-0.4, -0.2) is 40.9 Å². The molecule has 0 atom stereocenters. The number of phenolic OH excluding ortho intramolecular Hbond substituents is 8.